The van der Waals surface area contributed by atoms with Crippen LogP contribution in [0.25, 0.3) is 161 Å². The Kier molecular flexibility index (Phi) is 10.2. The Morgan fingerprint density at radius 1 is 0.244 bits per heavy atom. The summed E-state index contributed by atoms with van der Waals surface area (Å²) in [6.45, 7) is 0. The molecule has 0 saturated carbocycles. The van der Waals surface area contributed by atoms with Crippen LogP contribution in [0.2, 0.25) is 0 Å². The van der Waals surface area contributed by atoms with Crippen molar-refractivity contribution < 1.29 is 4.42 Å². The van der Waals surface area contributed by atoms with Crippen LogP contribution in [0.1, 0.15) is 0 Å². The van der Waals surface area contributed by atoms with Gasteiger partial charge in [-0.05, 0) is 125 Å². The first-order chi connectivity index (χ1) is 40.7. The van der Waals surface area contributed by atoms with E-state index >= 15 is 0 Å². The standard InChI is InChI=1S/C75H46N6O/c1-5-19-47(20-6-1)73-76-74(48-21-7-2-8-22-48)78-75(77-73)71-69(42-37-58-57-29-15-18-32-70(57)82-72(58)71)81-67-40-35-51(49-33-38-65-59(43-49)55-27-13-16-30-63(55)79(65)53-23-9-3-10-24-53)45-61(67)62-46-52(36-41-68(62)81)50-34-39-66-60(44-50)56-28-14-17-31-64(56)80(66)54-25-11-4-12-26-54/h1-46H. The first-order valence-corrected chi connectivity index (χ1v) is 27.7. The maximum Gasteiger partial charge on any atom is 0.170 e. The van der Waals surface area contributed by atoms with E-state index in [0.29, 0.717) is 23.1 Å². The molecule has 82 heavy (non-hydrogen) atoms. The van der Waals surface area contributed by atoms with Crippen molar-refractivity contribution in [3.05, 3.63) is 279 Å². The topological polar surface area (TPSA) is 66.6 Å². The summed E-state index contributed by atoms with van der Waals surface area (Å²) < 4.78 is 14.2. The summed E-state index contributed by atoms with van der Waals surface area (Å²) in [5, 5.41) is 9.08. The van der Waals surface area contributed by atoms with Crippen LogP contribution in [0.4, 0.5) is 0 Å². The monoisotopic (exact) mass is 1050 g/mol. The summed E-state index contributed by atoms with van der Waals surface area (Å²) in [6, 6.07) is 99.5. The molecule has 0 aliphatic carbocycles. The first kappa shape index (κ1) is 45.8. The molecule has 7 heteroatoms. The van der Waals surface area contributed by atoms with Gasteiger partial charge in [0, 0.05) is 65.6 Å². The second-order valence-corrected chi connectivity index (χ2v) is 21.1. The quantitative estimate of drug-likeness (QED) is 0.152. The molecule has 0 aliphatic rings. The fourth-order valence-electron chi connectivity index (χ4n) is 12.8. The summed E-state index contributed by atoms with van der Waals surface area (Å²) in [6.07, 6.45) is 0. The highest BCUT2D eigenvalue weighted by atomic mass is 16.3. The number of nitrogens with zero attached hydrogens (tertiary/aromatic N) is 6. The molecule has 0 N–H and O–H groups in total. The van der Waals surface area contributed by atoms with Crippen LogP contribution in [0.15, 0.2) is 283 Å². The van der Waals surface area contributed by atoms with Crippen LogP contribution in [0, 0.1) is 0 Å². The molecule has 0 bridgehead atoms. The van der Waals surface area contributed by atoms with Gasteiger partial charge in [-0.1, -0.05) is 176 Å². The summed E-state index contributed by atoms with van der Waals surface area (Å²) in [4.78, 5) is 15.9. The van der Waals surface area contributed by atoms with Gasteiger partial charge in [-0.15, -0.1) is 0 Å². The average Bonchev–Trinajstić information content (AvgIpc) is 3.25. The Balaban J connectivity index is 0.929. The van der Waals surface area contributed by atoms with Crippen molar-refractivity contribution in [1.82, 2.24) is 28.7 Å². The molecule has 17 rings (SSSR count). The summed E-state index contributed by atoms with van der Waals surface area (Å²) >= 11 is 0. The van der Waals surface area contributed by atoms with Gasteiger partial charge < -0.3 is 18.1 Å². The van der Waals surface area contributed by atoms with Gasteiger partial charge in [-0.2, -0.15) is 0 Å². The minimum Gasteiger partial charge on any atom is -0.455 e. The zero-order valence-corrected chi connectivity index (χ0v) is 44.1. The van der Waals surface area contributed by atoms with E-state index in [1.54, 1.807) is 0 Å². The number of aromatic nitrogens is 6. The molecule has 0 atom stereocenters. The van der Waals surface area contributed by atoms with Gasteiger partial charge in [0.15, 0.2) is 17.5 Å². The van der Waals surface area contributed by atoms with Crippen LogP contribution in [0.5, 0.6) is 0 Å². The Morgan fingerprint density at radius 2 is 0.610 bits per heavy atom. The molecule has 5 aromatic heterocycles. The predicted octanol–water partition coefficient (Wildman–Crippen LogP) is 19.4. The van der Waals surface area contributed by atoms with E-state index < -0.39 is 0 Å². The molecule has 0 spiro atoms. The van der Waals surface area contributed by atoms with Crippen LogP contribution in [-0.2, 0) is 0 Å². The molecule has 7 nitrogen and oxygen atoms in total. The first-order valence-electron chi connectivity index (χ1n) is 27.7. The van der Waals surface area contributed by atoms with E-state index in [9.17, 15) is 0 Å². The summed E-state index contributed by atoms with van der Waals surface area (Å²) in [7, 11) is 0. The number of fused-ring (bicyclic) bond motifs is 12. The lowest BCUT2D eigenvalue weighted by molar-refractivity contribution is 0.669. The molecule has 0 aliphatic heterocycles. The van der Waals surface area contributed by atoms with Gasteiger partial charge in [0.05, 0.1) is 44.4 Å². The van der Waals surface area contributed by atoms with Gasteiger partial charge in [0.25, 0.3) is 0 Å². The van der Waals surface area contributed by atoms with E-state index in [2.05, 4.69) is 244 Å². The maximum atomic E-state index is 7.02. The average molecular weight is 1050 g/mol. The Labute approximate surface area is 470 Å². The van der Waals surface area contributed by atoms with Crippen molar-refractivity contribution >= 4 is 87.4 Å². The van der Waals surface area contributed by atoms with Crippen LogP contribution in [-0.4, -0.2) is 28.7 Å². The lowest BCUT2D eigenvalue weighted by atomic mass is 9.98. The molecule has 5 heterocycles. The molecule has 0 unspecified atom stereocenters. The smallest absolute Gasteiger partial charge is 0.170 e. The Bertz CT molecular complexity index is 5110. The van der Waals surface area contributed by atoms with Crippen LogP contribution >= 0.6 is 0 Å². The Hall–Kier alpha value is -11.2. The highest BCUT2D eigenvalue weighted by Gasteiger charge is 2.26. The van der Waals surface area contributed by atoms with Gasteiger partial charge in [0.2, 0.25) is 0 Å². The van der Waals surface area contributed by atoms with E-state index in [1.807, 2.05) is 48.5 Å². The zero-order chi connectivity index (χ0) is 53.8. The summed E-state index contributed by atoms with van der Waals surface area (Å²) in [5.74, 6) is 1.67. The van der Waals surface area contributed by atoms with Crippen molar-refractivity contribution in [3.8, 4) is 73.5 Å². The largest absolute Gasteiger partial charge is 0.455 e. The minimum absolute atomic E-state index is 0.515. The second-order valence-electron chi connectivity index (χ2n) is 21.1. The predicted molar refractivity (Wildman–Crippen MR) is 337 cm³/mol. The number of rotatable bonds is 8. The number of benzene rings is 12. The lowest BCUT2D eigenvalue weighted by Crippen LogP contribution is -2.04. The summed E-state index contributed by atoms with van der Waals surface area (Å²) in [5.41, 5.74) is 18.5. The highest BCUT2D eigenvalue weighted by Crippen LogP contribution is 2.45. The molecule has 382 valence electrons. The van der Waals surface area contributed by atoms with E-state index in [4.69, 9.17) is 19.4 Å². The lowest BCUT2D eigenvalue weighted by Gasteiger charge is -2.15. The molecule has 0 fully saturated rings. The molecule has 12 aromatic carbocycles. The molecule has 17 aromatic rings. The third-order valence-electron chi connectivity index (χ3n) is 16.5. The zero-order valence-electron chi connectivity index (χ0n) is 44.1. The van der Waals surface area contributed by atoms with Gasteiger partial charge >= 0.3 is 0 Å². The fourth-order valence-corrected chi connectivity index (χ4v) is 12.8. The van der Waals surface area contributed by atoms with Crippen molar-refractivity contribution in [2.24, 2.45) is 0 Å². The van der Waals surface area contributed by atoms with Gasteiger partial charge in [0.1, 0.15) is 11.2 Å². The normalized spacial score (nSPS) is 11.9. The highest BCUT2D eigenvalue weighted by molar-refractivity contribution is 6.17. The van der Waals surface area contributed by atoms with E-state index in [0.717, 1.165) is 94.2 Å². The van der Waals surface area contributed by atoms with E-state index in [1.165, 1.54) is 43.6 Å². The Morgan fingerprint density at radius 3 is 1.09 bits per heavy atom. The van der Waals surface area contributed by atoms with Crippen molar-refractivity contribution in [1.29, 1.82) is 0 Å². The van der Waals surface area contributed by atoms with Crippen molar-refractivity contribution in [2.45, 2.75) is 0 Å². The van der Waals surface area contributed by atoms with Crippen LogP contribution < -0.4 is 0 Å². The number of hydrogen-bond donors (Lipinski definition) is 0. The molecular formula is C75H46N6O. The molecule has 0 amide bonds. The van der Waals surface area contributed by atoms with Crippen molar-refractivity contribution in [3.63, 3.8) is 0 Å². The van der Waals surface area contributed by atoms with Gasteiger partial charge in [-0.3, -0.25) is 0 Å². The maximum absolute atomic E-state index is 7.02. The SMILES string of the molecule is c1ccc(-c2nc(-c3ccccc3)nc(-c3c(-n4c5ccc(-c6ccc7c(c6)c6ccccc6n7-c6ccccc6)cc5c5cc(-c6ccc7c(c6)c6ccccc6n7-c6ccccc6)ccc54)ccc4c3oc3ccccc34)n2)cc1. The van der Waals surface area contributed by atoms with Gasteiger partial charge in [-0.25, -0.2) is 15.0 Å². The minimum atomic E-state index is 0.515. The number of para-hydroxylation sites is 5. The second kappa shape index (κ2) is 18.2. The third kappa shape index (κ3) is 7.13. The molecular weight excluding hydrogens is 1000 g/mol. The van der Waals surface area contributed by atoms with E-state index in [-0.39, 0.29) is 0 Å². The number of furan rings is 1. The van der Waals surface area contributed by atoms with Crippen LogP contribution in [0.3, 0.4) is 0 Å². The molecule has 0 saturated heterocycles. The molecule has 0 radical (unpaired) electrons. The number of hydrogen-bond acceptors (Lipinski definition) is 4. The fraction of sp³-hybridized carbons (Fsp3) is 0. The third-order valence-corrected chi connectivity index (χ3v) is 16.5. The van der Waals surface area contributed by atoms with Crippen molar-refractivity contribution in [2.75, 3.05) is 0 Å².